The molecule has 5 nitrogen and oxygen atoms in total. The van der Waals surface area contributed by atoms with Crippen LogP contribution < -0.4 is 10.6 Å². The highest BCUT2D eigenvalue weighted by Gasteiger charge is 2.52. The van der Waals surface area contributed by atoms with Gasteiger partial charge in [0, 0.05) is 11.5 Å². The molecule has 1 spiro atoms. The van der Waals surface area contributed by atoms with E-state index in [2.05, 4.69) is 10.6 Å². The van der Waals surface area contributed by atoms with Gasteiger partial charge < -0.3 is 10.6 Å². The summed E-state index contributed by atoms with van der Waals surface area (Å²) < 4.78 is 0. The summed E-state index contributed by atoms with van der Waals surface area (Å²) in [5.41, 5.74) is 0.0446. The lowest BCUT2D eigenvalue weighted by atomic mass is 9.96. The van der Waals surface area contributed by atoms with E-state index in [0.29, 0.717) is 12.8 Å². The van der Waals surface area contributed by atoms with Gasteiger partial charge in [-0.15, -0.1) is 0 Å². The molecule has 2 fully saturated rings. The van der Waals surface area contributed by atoms with Gasteiger partial charge in [-0.25, -0.2) is 0 Å². The van der Waals surface area contributed by atoms with E-state index in [0.717, 1.165) is 19.3 Å². The summed E-state index contributed by atoms with van der Waals surface area (Å²) in [6, 6.07) is 1.43. The highest BCUT2D eigenvalue weighted by atomic mass is 16.2. The zero-order chi connectivity index (χ0) is 10.9. The van der Waals surface area contributed by atoms with Crippen molar-refractivity contribution in [2.24, 2.45) is 5.92 Å². The molecule has 0 bridgehead atoms. The normalized spacial score (nSPS) is 27.9. The Bertz CT molecular complexity index is 330. The van der Waals surface area contributed by atoms with Gasteiger partial charge in [-0.2, -0.15) is 5.26 Å². The number of nitriles is 1. The fourth-order valence-electron chi connectivity index (χ4n) is 2.17. The molecule has 15 heavy (non-hydrogen) atoms. The maximum Gasteiger partial charge on any atom is 0.223 e. The summed E-state index contributed by atoms with van der Waals surface area (Å²) in [6.07, 6.45) is 3.84. The lowest BCUT2D eigenvalue weighted by molar-refractivity contribution is -0.123. The molecule has 2 amide bonds. The maximum absolute atomic E-state index is 11.5. The Labute approximate surface area is 87.8 Å². The van der Waals surface area contributed by atoms with E-state index in [-0.39, 0.29) is 17.4 Å². The van der Waals surface area contributed by atoms with Crippen molar-refractivity contribution < 1.29 is 9.59 Å². The molecule has 2 atom stereocenters. The number of nitrogens with one attached hydrogen (secondary N) is 2. The van der Waals surface area contributed by atoms with Crippen molar-refractivity contribution in [3.8, 4) is 6.07 Å². The lowest BCUT2D eigenvalue weighted by Gasteiger charge is -2.11. The second-order valence-electron chi connectivity index (χ2n) is 4.37. The Morgan fingerprint density at radius 1 is 1.73 bits per heavy atom. The fourth-order valence-corrected chi connectivity index (χ4v) is 2.17. The van der Waals surface area contributed by atoms with Crippen LogP contribution in [0.3, 0.4) is 0 Å². The first kappa shape index (κ1) is 9.97. The largest absolute Gasteiger partial charge is 0.350 e. The van der Waals surface area contributed by atoms with E-state index >= 15 is 0 Å². The summed E-state index contributed by atoms with van der Waals surface area (Å²) in [5, 5.41) is 14.1. The first-order chi connectivity index (χ1) is 7.19. The van der Waals surface area contributed by atoms with Gasteiger partial charge in [0.1, 0.15) is 6.04 Å². The molecular formula is C10H13N3O2. The molecule has 0 aromatic rings. The van der Waals surface area contributed by atoms with Gasteiger partial charge in [0.25, 0.3) is 0 Å². The van der Waals surface area contributed by atoms with E-state index in [1.54, 1.807) is 0 Å². The van der Waals surface area contributed by atoms with Gasteiger partial charge in [0.2, 0.25) is 12.3 Å². The summed E-state index contributed by atoms with van der Waals surface area (Å²) in [7, 11) is 0. The van der Waals surface area contributed by atoms with Gasteiger partial charge in [-0.3, -0.25) is 9.59 Å². The SMILES string of the molecule is N#C[C@H](CC1CC2(CC2)NC1=O)NC=O. The van der Waals surface area contributed by atoms with Crippen LogP contribution in [-0.2, 0) is 9.59 Å². The van der Waals surface area contributed by atoms with E-state index in [1.165, 1.54) is 0 Å². The molecule has 0 aromatic heterocycles. The second-order valence-corrected chi connectivity index (χ2v) is 4.37. The molecule has 0 radical (unpaired) electrons. The number of hydrogen-bond donors (Lipinski definition) is 2. The van der Waals surface area contributed by atoms with E-state index in [1.807, 2.05) is 6.07 Å². The zero-order valence-corrected chi connectivity index (χ0v) is 8.32. The topological polar surface area (TPSA) is 82.0 Å². The van der Waals surface area contributed by atoms with Gasteiger partial charge in [0.15, 0.2) is 0 Å². The van der Waals surface area contributed by atoms with Crippen LogP contribution in [0.15, 0.2) is 0 Å². The van der Waals surface area contributed by atoms with Crippen molar-refractivity contribution in [2.75, 3.05) is 0 Å². The number of amides is 2. The van der Waals surface area contributed by atoms with Crippen LogP contribution in [0.5, 0.6) is 0 Å². The van der Waals surface area contributed by atoms with Crippen molar-refractivity contribution in [1.29, 1.82) is 5.26 Å². The number of hydrogen-bond acceptors (Lipinski definition) is 3. The average Bonchev–Trinajstić information content (AvgIpc) is 2.87. The molecule has 2 N–H and O–H groups in total. The summed E-state index contributed by atoms with van der Waals surface area (Å²) in [6.45, 7) is 0. The maximum atomic E-state index is 11.5. The summed E-state index contributed by atoms with van der Waals surface area (Å²) in [5.74, 6) is -0.0925. The Balaban J connectivity index is 1.91. The van der Waals surface area contributed by atoms with Gasteiger partial charge in [-0.1, -0.05) is 0 Å². The Morgan fingerprint density at radius 3 is 2.93 bits per heavy atom. The minimum Gasteiger partial charge on any atom is -0.350 e. The number of carbonyl (C=O) groups excluding carboxylic acids is 2. The van der Waals surface area contributed by atoms with Crippen LogP contribution in [0.4, 0.5) is 0 Å². The molecule has 1 aliphatic heterocycles. The van der Waals surface area contributed by atoms with Crippen molar-refractivity contribution in [3.05, 3.63) is 0 Å². The van der Waals surface area contributed by atoms with Crippen molar-refractivity contribution in [3.63, 3.8) is 0 Å². The monoisotopic (exact) mass is 207 g/mol. The lowest BCUT2D eigenvalue weighted by Crippen LogP contribution is -2.31. The Morgan fingerprint density at radius 2 is 2.47 bits per heavy atom. The average molecular weight is 207 g/mol. The number of nitrogens with zero attached hydrogens (tertiary/aromatic N) is 1. The van der Waals surface area contributed by atoms with Gasteiger partial charge in [0.05, 0.1) is 6.07 Å². The number of carbonyl (C=O) groups is 2. The van der Waals surface area contributed by atoms with E-state index in [9.17, 15) is 9.59 Å². The van der Waals surface area contributed by atoms with Crippen molar-refractivity contribution in [2.45, 2.75) is 37.3 Å². The molecule has 1 saturated carbocycles. The Kier molecular flexibility index (Phi) is 2.35. The molecule has 80 valence electrons. The first-order valence-corrected chi connectivity index (χ1v) is 5.10. The van der Waals surface area contributed by atoms with Crippen molar-refractivity contribution >= 4 is 12.3 Å². The summed E-state index contributed by atoms with van der Waals surface area (Å²) in [4.78, 5) is 21.8. The molecule has 5 heteroatoms. The van der Waals surface area contributed by atoms with Crippen molar-refractivity contribution in [1.82, 2.24) is 10.6 Å². The number of rotatable bonds is 4. The third-order valence-electron chi connectivity index (χ3n) is 3.20. The highest BCUT2D eigenvalue weighted by molar-refractivity contribution is 5.83. The minimum absolute atomic E-state index is 0.0282. The van der Waals surface area contributed by atoms with Crippen LogP contribution in [0.2, 0.25) is 0 Å². The molecule has 1 saturated heterocycles. The van der Waals surface area contributed by atoms with E-state index in [4.69, 9.17) is 5.26 Å². The first-order valence-electron chi connectivity index (χ1n) is 5.10. The molecule has 0 aromatic carbocycles. The van der Waals surface area contributed by atoms with Crippen LogP contribution in [0.25, 0.3) is 0 Å². The Hall–Kier alpha value is -1.57. The quantitative estimate of drug-likeness (QED) is 0.620. The minimum atomic E-state index is -0.549. The fraction of sp³-hybridized carbons (Fsp3) is 0.700. The zero-order valence-electron chi connectivity index (χ0n) is 8.32. The molecule has 2 rings (SSSR count). The molecule has 1 heterocycles. The van der Waals surface area contributed by atoms with Crippen LogP contribution in [0.1, 0.15) is 25.7 Å². The molecule has 2 aliphatic rings. The van der Waals surface area contributed by atoms with Crippen LogP contribution in [0, 0.1) is 17.2 Å². The van der Waals surface area contributed by atoms with Crippen LogP contribution in [-0.4, -0.2) is 23.9 Å². The van der Waals surface area contributed by atoms with Gasteiger partial charge in [-0.05, 0) is 25.7 Å². The standard InChI is InChI=1S/C10H13N3O2/c11-5-8(12-6-14)3-7-4-10(1-2-10)13-9(7)15/h6-8H,1-4H2,(H,12,14)(H,13,15)/t7?,8-/m0/s1. The predicted octanol–water partition coefficient (Wildman–Crippen LogP) is -0.317. The molecular weight excluding hydrogens is 194 g/mol. The van der Waals surface area contributed by atoms with Gasteiger partial charge >= 0.3 is 0 Å². The smallest absolute Gasteiger partial charge is 0.223 e. The van der Waals surface area contributed by atoms with Crippen LogP contribution >= 0.6 is 0 Å². The molecule has 1 aliphatic carbocycles. The third-order valence-corrected chi connectivity index (χ3v) is 3.20. The summed E-state index contributed by atoms with van der Waals surface area (Å²) >= 11 is 0. The second kappa shape index (κ2) is 3.54. The third kappa shape index (κ3) is 1.94. The predicted molar refractivity (Wildman–Crippen MR) is 51.4 cm³/mol. The highest BCUT2D eigenvalue weighted by Crippen LogP contribution is 2.46. The van der Waals surface area contributed by atoms with E-state index < -0.39 is 6.04 Å². The molecule has 1 unspecified atom stereocenters.